The minimum atomic E-state index is -3.31. The number of rotatable bonds is 2. The van der Waals surface area contributed by atoms with Gasteiger partial charge in [-0.2, -0.15) is 0 Å². The van der Waals surface area contributed by atoms with E-state index in [0.717, 1.165) is 11.8 Å². The van der Waals surface area contributed by atoms with Gasteiger partial charge in [-0.25, -0.2) is 13.2 Å². The van der Waals surface area contributed by atoms with Crippen molar-refractivity contribution in [3.05, 3.63) is 29.3 Å². The summed E-state index contributed by atoms with van der Waals surface area (Å²) >= 11 is 0. The molecule has 1 aliphatic rings. The number of nitrogens with one attached hydrogen (secondary N) is 1. The monoisotopic (exact) mass is 297 g/mol. The first-order valence-electron chi connectivity index (χ1n) is 6.32. The van der Waals surface area contributed by atoms with Crippen LogP contribution in [0.15, 0.2) is 23.1 Å². The number of esters is 1. The van der Waals surface area contributed by atoms with Gasteiger partial charge in [0.25, 0.3) is 0 Å². The fourth-order valence-corrected chi connectivity index (χ4v) is 3.17. The van der Waals surface area contributed by atoms with E-state index < -0.39 is 21.8 Å². The van der Waals surface area contributed by atoms with Gasteiger partial charge in [-0.05, 0) is 23.3 Å². The second-order valence-corrected chi connectivity index (χ2v) is 7.76. The van der Waals surface area contributed by atoms with Crippen molar-refractivity contribution in [1.29, 1.82) is 0 Å². The molecular formula is C14H19NO4S. The Labute approximate surface area is 119 Å². The quantitative estimate of drug-likeness (QED) is 0.830. The molecule has 1 atom stereocenters. The predicted octanol–water partition coefficient (Wildman–Crippen LogP) is 1.18. The predicted molar refractivity (Wildman–Crippen MR) is 75.3 cm³/mol. The van der Waals surface area contributed by atoms with Crippen LogP contribution in [-0.2, 0) is 24.8 Å². The number of benzene rings is 1. The second kappa shape index (κ2) is 4.86. The first-order valence-corrected chi connectivity index (χ1v) is 8.21. The average molecular weight is 297 g/mol. The zero-order valence-electron chi connectivity index (χ0n) is 12.1. The van der Waals surface area contributed by atoms with E-state index in [0.29, 0.717) is 12.1 Å². The van der Waals surface area contributed by atoms with Crippen molar-refractivity contribution < 1.29 is 17.9 Å². The summed E-state index contributed by atoms with van der Waals surface area (Å²) in [4.78, 5) is 12.1. The summed E-state index contributed by atoms with van der Waals surface area (Å²) in [5.74, 6) is -0.410. The minimum absolute atomic E-state index is 0.171. The molecule has 0 spiro atoms. The molecule has 1 N–H and O–H groups in total. The molecule has 0 saturated carbocycles. The molecular weight excluding hydrogens is 278 g/mol. The summed E-state index contributed by atoms with van der Waals surface area (Å²) in [5.41, 5.74) is 1.48. The molecule has 5 nitrogen and oxygen atoms in total. The second-order valence-electron chi connectivity index (χ2n) is 5.74. The smallest absolute Gasteiger partial charge is 0.327 e. The Bertz CT molecular complexity index is 649. The lowest BCUT2D eigenvalue weighted by Crippen LogP contribution is -2.45. The van der Waals surface area contributed by atoms with Crippen LogP contribution in [0, 0.1) is 0 Å². The standard InChI is InChI=1S/C14H19NO4S/c1-14(2)8-15-12(13(16)19-3)10-7-9(20(4,17)18)5-6-11(10)14/h5-7,12,15H,8H2,1-4H3. The van der Waals surface area contributed by atoms with Gasteiger partial charge in [0.1, 0.15) is 6.04 Å². The number of sulfone groups is 1. The van der Waals surface area contributed by atoms with E-state index in [2.05, 4.69) is 5.32 Å². The van der Waals surface area contributed by atoms with Gasteiger partial charge in [-0.15, -0.1) is 0 Å². The molecule has 0 saturated heterocycles. The van der Waals surface area contributed by atoms with Crippen molar-refractivity contribution in [1.82, 2.24) is 5.32 Å². The molecule has 6 heteroatoms. The van der Waals surface area contributed by atoms with Crippen molar-refractivity contribution in [2.45, 2.75) is 30.2 Å². The van der Waals surface area contributed by atoms with Crippen LogP contribution in [-0.4, -0.2) is 34.3 Å². The van der Waals surface area contributed by atoms with Crippen LogP contribution in [0.2, 0.25) is 0 Å². The van der Waals surface area contributed by atoms with E-state index in [1.54, 1.807) is 18.2 Å². The fraction of sp³-hybridized carbons (Fsp3) is 0.500. The summed E-state index contributed by atoms with van der Waals surface area (Å²) in [6.45, 7) is 4.72. The highest BCUT2D eigenvalue weighted by molar-refractivity contribution is 7.90. The Morgan fingerprint density at radius 1 is 1.40 bits per heavy atom. The number of methoxy groups -OCH3 is 1. The molecule has 1 aromatic rings. The highest BCUT2D eigenvalue weighted by Gasteiger charge is 2.36. The summed E-state index contributed by atoms with van der Waals surface area (Å²) in [6, 6.07) is 4.34. The molecule has 110 valence electrons. The molecule has 0 radical (unpaired) electrons. The number of hydrogen-bond acceptors (Lipinski definition) is 5. The lowest BCUT2D eigenvalue weighted by molar-refractivity contribution is -0.143. The van der Waals surface area contributed by atoms with Crippen molar-refractivity contribution in [2.24, 2.45) is 0 Å². The number of carbonyl (C=O) groups excluding carboxylic acids is 1. The molecule has 1 aromatic carbocycles. The molecule has 1 aliphatic heterocycles. The van der Waals surface area contributed by atoms with E-state index >= 15 is 0 Å². The Hall–Kier alpha value is -1.40. The van der Waals surface area contributed by atoms with Crippen LogP contribution in [0.5, 0.6) is 0 Å². The Balaban J connectivity index is 2.63. The van der Waals surface area contributed by atoms with Gasteiger partial charge in [0.15, 0.2) is 9.84 Å². The molecule has 1 unspecified atom stereocenters. The lowest BCUT2D eigenvalue weighted by Gasteiger charge is -2.37. The van der Waals surface area contributed by atoms with E-state index in [-0.39, 0.29) is 10.3 Å². The number of carbonyl (C=O) groups is 1. The molecule has 0 amide bonds. The minimum Gasteiger partial charge on any atom is -0.468 e. The number of fused-ring (bicyclic) bond motifs is 1. The van der Waals surface area contributed by atoms with Crippen LogP contribution < -0.4 is 5.32 Å². The normalized spacial score (nSPS) is 21.1. The first kappa shape index (κ1) is 15.0. The Morgan fingerprint density at radius 3 is 2.60 bits per heavy atom. The maximum Gasteiger partial charge on any atom is 0.327 e. The molecule has 0 fully saturated rings. The third-order valence-electron chi connectivity index (χ3n) is 3.68. The third kappa shape index (κ3) is 2.58. The summed E-state index contributed by atoms with van der Waals surface area (Å²) in [7, 11) is -1.99. The van der Waals surface area contributed by atoms with Crippen LogP contribution in [0.1, 0.15) is 31.0 Å². The molecule has 1 heterocycles. The molecule has 2 rings (SSSR count). The highest BCUT2D eigenvalue weighted by Crippen LogP contribution is 2.36. The van der Waals surface area contributed by atoms with Gasteiger partial charge in [-0.3, -0.25) is 5.32 Å². The molecule has 0 bridgehead atoms. The summed E-state index contributed by atoms with van der Waals surface area (Å²) in [6.07, 6.45) is 1.16. The Morgan fingerprint density at radius 2 is 2.05 bits per heavy atom. The summed E-state index contributed by atoms with van der Waals surface area (Å²) < 4.78 is 28.2. The van der Waals surface area contributed by atoms with Gasteiger partial charge in [-0.1, -0.05) is 19.9 Å². The maximum absolute atomic E-state index is 11.9. The first-order chi connectivity index (χ1) is 9.16. The molecule has 0 aromatic heterocycles. The van der Waals surface area contributed by atoms with Crippen molar-refractivity contribution in [2.75, 3.05) is 19.9 Å². The van der Waals surface area contributed by atoms with Gasteiger partial charge in [0.2, 0.25) is 0 Å². The van der Waals surface area contributed by atoms with E-state index in [4.69, 9.17) is 4.74 Å². The van der Waals surface area contributed by atoms with E-state index in [1.165, 1.54) is 7.11 Å². The topological polar surface area (TPSA) is 72.5 Å². The molecule has 20 heavy (non-hydrogen) atoms. The SMILES string of the molecule is COC(=O)C1NCC(C)(C)c2ccc(S(C)(=O)=O)cc21. The lowest BCUT2D eigenvalue weighted by atomic mass is 9.77. The van der Waals surface area contributed by atoms with Crippen molar-refractivity contribution in [3.63, 3.8) is 0 Å². The van der Waals surface area contributed by atoms with E-state index in [1.807, 2.05) is 13.8 Å². The van der Waals surface area contributed by atoms with Gasteiger partial charge < -0.3 is 4.74 Å². The van der Waals surface area contributed by atoms with Crippen LogP contribution in [0.25, 0.3) is 0 Å². The van der Waals surface area contributed by atoms with Gasteiger partial charge >= 0.3 is 5.97 Å². The van der Waals surface area contributed by atoms with Gasteiger partial charge in [0, 0.05) is 18.2 Å². The molecule has 0 aliphatic carbocycles. The zero-order valence-corrected chi connectivity index (χ0v) is 12.9. The van der Waals surface area contributed by atoms with Crippen LogP contribution in [0.4, 0.5) is 0 Å². The van der Waals surface area contributed by atoms with Crippen LogP contribution >= 0.6 is 0 Å². The largest absolute Gasteiger partial charge is 0.468 e. The average Bonchev–Trinajstić information content (AvgIpc) is 2.36. The van der Waals surface area contributed by atoms with Crippen LogP contribution in [0.3, 0.4) is 0 Å². The number of ether oxygens (including phenoxy) is 1. The highest BCUT2D eigenvalue weighted by atomic mass is 32.2. The van der Waals surface area contributed by atoms with Crippen molar-refractivity contribution in [3.8, 4) is 0 Å². The van der Waals surface area contributed by atoms with Crippen molar-refractivity contribution >= 4 is 15.8 Å². The third-order valence-corrected chi connectivity index (χ3v) is 4.79. The Kier molecular flexibility index (Phi) is 3.64. The summed E-state index contributed by atoms with van der Waals surface area (Å²) in [5, 5.41) is 3.13. The maximum atomic E-state index is 11.9. The fourth-order valence-electron chi connectivity index (χ4n) is 2.52. The number of hydrogen-bond donors (Lipinski definition) is 1. The van der Waals surface area contributed by atoms with Gasteiger partial charge in [0.05, 0.1) is 12.0 Å². The van der Waals surface area contributed by atoms with E-state index in [9.17, 15) is 13.2 Å². The zero-order chi connectivity index (χ0) is 15.1.